The molecule has 0 aromatic heterocycles. The first-order chi connectivity index (χ1) is 7.89. The van der Waals surface area contributed by atoms with Gasteiger partial charge in [0.1, 0.15) is 10.4 Å². The maximum absolute atomic E-state index is 11.6. The standard InChI is InChI=1S/C12H23BrO4Si/c1-11(2,3)18(5,6)16-7-8-9(14)12(4,13)10(15)17-8/h8-9,14H,7H2,1-6H3/t8-,9-,12?/m1/s1. The second kappa shape index (κ2) is 4.88. The summed E-state index contributed by atoms with van der Waals surface area (Å²) in [6, 6.07) is 0. The molecule has 0 aromatic carbocycles. The largest absolute Gasteiger partial charge is 0.456 e. The van der Waals surface area contributed by atoms with E-state index in [-0.39, 0.29) is 11.6 Å². The van der Waals surface area contributed by atoms with Crippen LogP contribution in [0.3, 0.4) is 0 Å². The fourth-order valence-electron chi connectivity index (χ4n) is 1.42. The molecule has 0 spiro atoms. The zero-order chi connectivity index (χ0) is 14.4. The summed E-state index contributed by atoms with van der Waals surface area (Å²) >= 11 is 3.20. The molecule has 1 N–H and O–H groups in total. The molecule has 1 aliphatic rings. The van der Waals surface area contributed by atoms with Crippen LogP contribution in [0.25, 0.3) is 0 Å². The molecule has 1 heterocycles. The van der Waals surface area contributed by atoms with Crippen LogP contribution in [0, 0.1) is 0 Å². The second-order valence-corrected chi connectivity index (χ2v) is 13.0. The highest BCUT2D eigenvalue weighted by molar-refractivity contribution is 9.10. The van der Waals surface area contributed by atoms with Crippen molar-refractivity contribution >= 4 is 30.2 Å². The van der Waals surface area contributed by atoms with E-state index in [1.165, 1.54) is 0 Å². The Labute approximate surface area is 118 Å². The highest BCUT2D eigenvalue weighted by atomic mass is 79.9. The van der Waals surface area contributed by atoms with E-state index < -0.39 is 30.8 Å². The molecule has 106 valence electrons. The fourth-order valence-corrected chi connectivity index (χ4v) is 2.82. The monoisotopic (exact) mass is 338 g/mol. The fraction of sp³-hybridized carbons (Fsp3) is 0.917. The number of aliphatic hydroxyl groups is 1. The number of ether oxygens (including phenoxy) is 1. The van der Waals surface area contributed by atoms with E-state index in [1.807, 2.05) is 0 Å². The molecule has 4 nitrogen and oxygen atoms in total. The van der Waals surface area contributed by atoms with Crippen molar-refractivity contribution in [2.24, 2.45) is 0 Å². The minimum atomic E-state index is -1.89. The van der Waals surface area contributed by atoms with E-state index in [9.17, 15) is 9.90 Å². The number of carbonyl (C=O) groups is 1. The molecule has 1 unspecified atom stereocenters. The Hall–Kier alpha value is 0.0869. The normalized spacial score (nSPS) is 33.7. The molecule has 0 radical (unpaired) electrons. The highest BCUT2D eigenvalue weighted by Crippen LogP contribution is 2.38. The Balaban J connectivity index is 2.64. The average Bonchev–Trinajstić information content (AvgIpc) is 2.38. The first kappa shape index (κ1) is 16.1. The number of alkyl halides is 1. The Morgan fingerprint density at radius 1 is 1.50 bits per heavy atom. The van der Waals surface area contributed by atoms with Gasteiger partial charge >= 0.3 is 5.97 Å². The van der Waals surface area contributed by atoms with Crippen molar-refractivity contribution in [3.05, 3.63) is 0 Å². The van der Waals surface area contributed by atoms with Gasteiger partial charge in [0.15, 0.2) is 14.4 Å². The number of esters is 1. The number of hydrogen-bond acceptors (Lipinski definition) is 4. The van der Waals surface area contributed by atoms with Gasteiger partial charge in [-0.1, -0.05) is 36.7 Å². The Morgan fingerprint density at radius 3 is 2.33 bits per heavy atom. The molecule has 0 bridgehead atoms. The van der Waals surface area contributed by atoms with Crippen LogP contribution in [0.15, 0.2) is 0 Å². The SMILES string of the molecule is CC1(Br)C(=O)O[C@H](CO[Si](C)(C)C(C)(C)C)[C@H]1O. The molecule has 6 heteroatoms. The van der Waals surface area contributed by atoms with Gasteiger partial charge in [-0.2, -0.15) is 0 Å². The summed E-state index contributed by atoms with van der Waals surface area (Å²) in [4.78, 5) is 11.6. The lowest BCUT2D eigenvalue weighted by Gasteiger charge is -2.37. The lowest BCUT2D eigenvalue weighted by molar-refractivity contribution is -0.144. The van der Waals surface area contributed by atoms with Crippen molar-refractivity contribution in [1.82, 2.24) is 0 Å². The smallest absolute Gasteiger partial charge is 0.325 e. The molecule has 3 atom stereocenters. The molecule has 0 amide bonds. The maximum Gasteiger partial charge on any atom is 0.325 e. The van der Waals surface area contributed by atoms with Gasteiger partial charge in [-0.05, 0) is 25.1 Å². The van der Waals surface area contributed by atoms with Gasteiger partial charge in [-0.25, -0.2) is 0 Å². The van der Waals surface area contributed by atoms with Gasteiger partial charge in [-0.15, -0.1) is 0 Å². The van der Waals surface area contributed by atoms with Crippen molar-refractivity contribution in [2.75, 3.05) is 6.61 Å². The minimum absolute atomic E-state index is 0.0955. The molecule has 1 rings (SSSR count). The number of cyclic esters (lactones) is 1. The van der Waals surface area contributed by atoms with E-state index in [4.69, 9.17) is 9.16 Å². The Morgan fingerprint density at radius 2 is 2.00 bits per heavy atom. The maximum atomic E-state index is 11.6. The summed E-state index contributed by atoms with van der Waals surface area (Å²) < 4.78 is 10.1. The third-order valence-electron chi connectivity index (χ3n) is 3.98. The molecular weight excluding hydrogens is 316 g/mol. The summed E-state index contributed by atoms with van der Waals surface area (Å²) in [5.74, 6) is -0.432. The summed E-state index contributed by atoms with van der Waals surface area (Å²) in [5, 5.41) is 10.1. The number of aliphatic hydroxyl groups excluding tert-OH is 1. The molecule has 0 aliphatic carbocycles. The Kier molecular flexibility index (Phi) is 4.38. The topological polar surface area (TPSA) is 55.8 Å². The Bertz CT molecular complexity index is 335. The predicted molar refractivity (Wildman–Crippen MR) is 76.4 cm³/mol. The van der Waals surface area contributed by atoms with Gasteiger partial charge in [-0.3, -0.25) is 4.79 Å². The van der Waals surface area contributed by atoms with Crippen molar-refractivity contribution < 1.29 is 19.1 Å². The predicted octanol–water partition coefficient (Wildman–Crippen LogP) is 2.45. The van der Waals surface area contributed by atoms with E-state index in [0.29, 0.717) is 0 Å². The summed E-state index contributed by atoms with van der Waals surface area (Å²) in [6.07, 6.45) is -1.47. The third-order valence-corrected chi connectivity index (χ3v) is 9.27. The third kappa shape index (κ3) is 2.97. The summed E-state index contributed by atoms with van der Waals surface area (Å²) in [6.45, 7) is 12.6. The minimum Gasteiger partial charge on any atom is -0.456 e. The molecule has 1 fully saturated rings. The lowest BCUT2D eigenvalue weighted by atomic mass is 10.0. The van der Waals surface area contributed by atoms with Crippen LogP contribution in [0.1, 0.15) is 27.7 Å². The zero-order valence-corrected chi connectivity index (χ0v) is 14.5. The van der Waals surface area contributed by atoms with Crippen LogP contribution in [0.5, 0.6) is 0 Å². The van der Waals surface area contributed by atoms with Crippen LogP contribution < -0.4 is 0 Å². The van der Waals surface area contributed by atoms with Crippen LogP contribution >= 0.6 is 15.9 Å². The highest BCUT2D eigenvalue weighted by Gasteiger charge is 2.53. The van der Waals surface area contributed by atoms with E-state index in [0.717, 1.165) is 0 Å². The van der Waals surface area contributed by atoms with Crippen molar-refractivity contribution in [3.8, 4) is 0 Å². The molecule has 1 aliphatic heterocycles. The lowest BCUT2D eigenvalue weighted by Crippen LogP contribution is -2.45. The molecule has 1 saturated heterocycles. The number of carbonyl (C=O) groups excluding carboxylic acids is 1. The number of hydrogen-bond donors (Lipinski definition) is 1. The quantitative estimate of drug-likeness (QED) is 0.487. The van der Waals surface area contributed by atoms with E-state index >= 15 is 0 Å². The van der Waals surface area contributed by atoms with Crippen molar-refractivity contribution in [2.45, 2.75) is 62.4 Å². The van der Waals surface area contributed by atoms with Crippen LogP contribution in [-0.4, -0.2) is 42.5 Å². The summed E-state index contributed by atoms with van der Waals surface area (Å²) in [5.41, 5.74) is 0. The molecule has 0 saturated carbocycles. The molecule has 0 aromatic rings. The average molecular weight is 339 g/mol. The summed E-state index contributed by atoms with van der Waals surface area (Å²) in [7, 11) is -1.89. The van der Waals surface area contributed by atoms with Crippen LogP contribution in [0.4, 0.5) is 0 Å². The van der Waals surface area contributed by atoms with E-state index in [2.05, 4.69) is 49.8 Å². The van der Waals surface area contributed by atoms with Gasteiger partial charge < -0.3 is 14.3 Å². The van der Waals surface area contributed by atoms with Crippen molar-refractivity contribution in [3.63, 3.8) is 0 Å². The first-order valence-electron chi connectivity index (χ1n) is 6.11. The second-order valence-electron chi connectivity index (χ2n) is 6.54. The van der Waals surface area contributed by atoms with Gasteiger partial charge in [0, 0.05) is 0 Å². The van der Waals surface area contributed by atoms with Crippen molar-refractivity contribution in [1.29, 1.82) is 0 Å². The van der Waals surface area contributed by atoms with Gasteiger partial charge in [0.25, 0.3) is 0 Å². The van der Waals surface area contributed by atoms with Gasteiger partial charge in [0.05, 0.1) is 6.61 Å². The number of rotatable bonds is 3. The zero-order valence-electron chi connectivity index (χ0n) is 11.9. The van der Waals surface area contributed by atoms with Gasteiger partial charge in [0.2, 0.25) is 0 Å². The molecular formula is C12H23BrO4Si. The number of halogens is 1. The molecule has 18 heavy (non-hydrogen) atoms. The van der Waals surface area contributed by atoms with Crippen LogP contribution in [0.2, 0.25) is 18.1 Å². The first-order valence-corrected chi connectivity index (χ1v) is 9.82. The van der Waals surface area contributed by atoms with E-state index in [1.54, 1.807) is 6.92 Å². The van der Waals surface area contributed by atoms with Crippen LogP contribution in [-0.2, 0) is 14.0 Å².